The molecule has 0 radical (unpaired) electrons. The predicted octanol–water partition coefficient (Wildman–Crippen LogP) is 2.31. The van der Waals surface area contributed by atoms with Crippen LogP contribution in [0.3, 0.4) is 0 Å². The van der Waals surface area contributed by atoms with Gasteiger partial charge in [0.25, 0.3) is 0 Å². The summed E-state index contributed by atoms with van der Waals surface area (Å²) in [6, 6.07) is 7.06. The first kappa shape index (κ1) is 25.1. The molecule has 10 heteroatoms. The van der Waals surface area contributed by atoms with E-state index >= 15 is 0 Å². The van der Waals surface area contributed by atoms with Crippen molar-refractivity contribution in [1.29, 1.82) is 0 Å². The van der Waals surface area contributed by atoms with Crippen molar-refractivity contribution >= 4 is 56.4 Å². The van der Waals surface area contributed by atoms with E-state index in [0.29, 0.717) is 37.9 Å². The molecule has 0 aromatic heterocycles. The summed E-state index contributed by atoms with van der Waals surface area (Å²) in [7, 11) is 2.41. The Kier molecular flexibility index (Phi) is 9.73. The molecule has 1 aliphatic rings. The Bertz CT molecular complexity index is 837. The minimum Gasteiger partial charge on any atom is -0.364 e. The van der Waals surface area contributed by atoms with E-state index in [1.165, 1.54) is 28.5 Å². The smallest absolute Gasteiger partial charge is 0.250 e. The van der Waals surface area contributed by atoms with E-state index < -0.39 is 9.99 Å². The highest BCUT2D eigenvalue weighted by molar-refractivity contribution is 8.94. The van der Waals surface area contributed by atoms with Crippen molar-refractivity contribution < 1.29 is 28.7 Å². The normalized spacial score (nSPS) is 13.9. The number of hydrogen-bond acceptors (Lipinski definition) is 8. The fourth-order valence-corrected chi connectivity index (χ4v) is 4.73. The molecule has 2 amide bonds. The van der Waals surface area contributed by atoms with Gasteiger partial charge in [-0.3, -0.25) is 24.0 Å². The summed E-state index contributed by atoms with van der Waals surface area (Å²) in [5.41, 5.74) is 1.51. The maximum Gasteiger partial charge on any atom is 0.250 e. The molecule has 0 atom stereocenters. The van der Waals surface area contributed by atoms with Gasteiger partial charge in [0.15, 0.2) is 15.6 Å². The molecule has 31 heavy (non-hydrogen) atoms. The number of aryl methyl sites for hydroxylation is 1. The van der Waals surface area contributed by atoms with Crippen LogP contribution in [0, 0.1) is 0 Å². The summed E-state index contributed by atoms with van der Waals surface area (Å²) in [5.74, 6) is -0.953. The van der Waals surface area contributed by atoms with Gasteiger partial charge in [-0.25, -0.2) is 0 Å². The van der Waals surface area contributed by atoms with Crippen LogP contribution in [0.2, 0.25) is 0 Å². The largest absolute Gasteiger partial charge is 0.364 e. The van der Waals surface area contributed by atoms with E-state index in [9.17, 15) is 24.0 Å². The van der Waals surface area contributed by atoms with Crippen LogP contribution in [0.4, 0.5) is 5.69 Å². The van der Waals surface area contributed by atoms with Crippen molar-refractivity contribution in [2.45, 2.75) is 43.6 Å². The minimum absolute atomic E-state index is 0.109. The van der Waals surface area contributed by atoms with E-state index in [2.05, 4.69) is 10.6 Å². The Morgan fingerprint density at radius 3 is 2.23 bits per heavy atom. The lowest BCUT2D eigenvalue weighted by atomic mass is 10.1. The van der Waals surface area contributed by atoms with Crippen LogP contribution in [0.1, 0.15) is 38.7 Å². The van der Waals surface area contributed by atoms with Crippen molar-refractivity contribution in [2.75, 3.05) is 25.1 Å². The van der Waals surface area contributed by atoms with Gasteiger partial charge < -0.3 is 15.4 Å². The zero-order valence-corrected chi connectivity index (χ0v) is 19.2. The Balaban J connectivity index is 1.65. The lowest BCUT2D eigenvalue weighted by molar-refractivity contribution is -0.130. The molecule has 2 N–H and O–H groups in total. The second kappa shape index (κ2) is 12.0. The number of ketones is 3. The van der Waals surface area contributed by atoms with Crippen LogP contribution < -0.4 is 10.6 Å². The maximum absolute atomic E-state index is 12.0. The predicted molar refractivity (Wildman–Crippen MR) is 121 cm³/mol. The Morgan fingerprint density at radius 2 is 1.65 bits per heavy atom. The molecular weight excluding hydrogens is 440 g/mol. The Labute approximate surface area is 189 Å². The van der Waals surface area contributed by atoms with Crippen LogP contribution in [0.15, 0.2) is 24.3 Å². The molecule has 0 bridgehead atoms. The van der Waals surface area contributed by atoms with Crippen LogP contribution in [-0.2, 0) is 35.1 Å². The Hall–Kier alpha value is -2.17. The SMILES string of the molecule is CCC(=O)CCNC(=O)CCc1ccc(NC(=O)COCC(=O)C2(C(C)=O)SS2)cc1. The molecule has 1 aliphatic heterocycles. The average Bonchev–Trinajstić information content (AvgIpc) is 3.55. The highest BCUT2D eigenvalue weighted by Crippen LogP contribution is 2.65. The number of amides is 2. The molecule has 0 unspecified atom stereocenters. The molecule has 1 heterocycles. The van der Waals surface area contributed by atoms with E-state index in [-0.39, 0.29) is 36.5 Å². The van der Waals surface area contributed by atoms with E-state index in [0.717, 1.165) is 5.56 Å². The van der Waals surface area contributed by atoms with Crippen molar-refractivity contribution in [1.82, 2.24) is 5.32 Å². The van der Waals surface area contributed by atoms with Crippen molar-refractivity contribution in [2.24, 2.45) is 0 Å². The first-order valence-electron chi connectivity index (χ1n) is 9.93. The van der Waals surface area contributed by atoms with Gasteiger partial charge in [0, 0.05) is 31.5 Å². The van der Waals surface area contributed by atoms with Crippen LogP contribution in [0.25, 0.3) is 0 Å². The molecule has 1 fully saturated rings. The molecule has 2 rings (SSSR count). The van der Waals surface area contributed by atoms with Gasteiger partial charge in [-0.2, -0.15) is 0 Å². The second-order valence-electron chi connectivity index (χ2n) is 6.99. The second-order valence-corrected chi connectivity index (χ2v) is 9.81. The fraction of sp³-hybridized carbons (Fsp3) is 0.476. The number of ether oxygens (including phenoxy) is 1. The summed E-state index contributed by atoms with van der Waals surface area (Å²) < 4.78 is 4.10. The molecular formula is C21H26N2O6S2. The van der Waals surface area contributed by atoms with Gasteiger partial charge in [-0.1, -0.05) is 40.6 Å². The van der Waals surface area contributed by atoms with Crippen LogP contribution >= 0.6 is 21.6 Å². The van der Waals surface area contributed by atoms with Gasteiger partial charge >= 0.3 is 0 Å². The molecule has 1 saturated heterocycles. The number of rotatable bonds is 14. The summed E-state index contributed by atoms with van der Waals surface area (Å²) in [6.07, 6.45) is 1.68. The number of benzene rings is 1. The monoisotopic (exact) mass is 466 g/mol. The molecule has 0 saturated carbocycles. The number of nitrogens with one attached hydrogen (secondary N) is 2. The molecule has 168 valence electrons. The third kappa shape index (κ3) is 8.12. The fourth-order valence-electron chi connectivity index (χ4n) is 2.60. The maximum atomic E-state index is 12.0. The highest BCUT2D eigenvalue weighted by Gasteiger charge is 2.57. The summed E-state index contributed by atoms with van der Waals surface area (Å²) in [4.78, 5) is 58.5. The van der Waals surface area contributed by atoms with Gasteiger partial charge in [0.1, 0.15) is 19.0 Å². The van der Waals surface area contributed by atoms with Gasteiger partial charge in [-0.05, 0) is 31.0 Å². The average molecular weight is 467 g/mol. The highest BCUT2D eigenvalue weighted by atomic mass is 33.2. The zero-order chi connectivity index (χ0) is 22.9. The van der Waals surface area contributed by atoms with Crippen LogP contribution in [-0.4, -0.2) is 53.0 Å². The number of carbonyl (C=O) groups excluding carboxylic acids is 5. The zero-order valence-electron chi connectivity index (χ0n) is 17.5. The number of anilines is 1. The standard InChI is InChI=1S/C21H26N2O6S2/c1-3-17(25)10-11-22-19(27)9-6-15-4-7-16(8-5-15)23-20(28)13-29-12-18(26)21(14(2)24)30-31-21/h4-5,7-8H,3,6,9-13H2,1-2H3,(H,22,27)(H,23,28). The van der Waals surface area contributed by atoms with Gasteiger partial charge in [0.05, 0.1) is 0 Å². The molecule has 8 nitrogen and oxygen atoms in total. The summed E-state index contributed by atoms with van der Waals surface area (Å²) in [6.45, 7) is 2.93. The first-order chi connectivity index (χ1) is 14.8. The number of carbonyl (C=O) groups is 5. The van der Waals surface area contributed by atoms with Gasteiger partial charge in [0.2, 0.25) is 11.8 Å². The molecule has 0 spiro atoms. The van der Waals surface area contributed by atoms with Crippen molar-refractivity contribution in [3.8, 4) is 0 Å². The molecule has 1 aromatic rings. The molecule has 0 aliphatic carbocycles. The third-order valence-corrected chi connectivity index (χ3v) is 7.58. The lowest BCUT2D eigenvalue weighted by Crippen LogP contribution is -2.32. The minimum atomic E-state index is -1.05. The molecule has 1 aromatic carbocycles. The topological polar surface area (TPSA) is 119 Å². The van der Waals surface area contributed by atoms with Crippen LogP contribution in [0.5, 0.6) is 0 Å². The van der Waals surface area contributed by atoms with Gasteiger partial charge in [-0.15, -0.1) is 0 Å². The summed E-state index contributed by atoms with van der Waals surface area (Å²) in [5, 5.41) is 5.39. The lowest BCUT2D eigenvalue weighted by Gasteiger charge is -2.09. The Morgan fingerprint density at radius 1 is 0.968 bits per heavy atom. The van der Waals surface area contributed by atoms with E-state index in [1.54, 1.807) is 19.1 Å². The third-order valence-electron chi connectivity index (χ3n) is 4.55. The number of hydrogen-bond donors (Lipinski definition) is 2. The quantitative estimate of drug-likeness (QED) is 0.244. The first-order valence-corrected chi connectivity index (χ1v) is 12.1. The van der Waals surface area contributed by atoms with Crippen molar-refractivity contribution in [3.63, 3.8) is 0 Å². The van der Waals surface area contributed by atoms with Crippen molar-refractivity contribution in [3.05, 3.63) is 29.8 Å². The summed E-state index contributed by atoms with van der Waals surface area (Å²) >= 11 is 0. The van der Waals surface area contributed by atoms with E-state index in [1.807, 2.05) is 12.1 Å². The number of Topliss-reactive ketones (excluding diaryl/α,β-unsaturated/α-hetero) is 3. The van der Waals surface area contributed by atoms with E-state index in [4.69, 9.17) is 4.74 Å².